The first-order chi connectivity index (χ1) is 17.0. The smallest absolute Gasteiger partial charge is 0.409 e. The van der Waals surface area contributed by atoms with Crippen LogP contribution in [-0.4, -0.2) is 43.8 Å². The molecule has 0 saturated heterocycles. The van der Waals surface area contributed by atoms with Crippen LogP contribution in [0.4, 0.5) is 4.79 Å². The van der Waals surface area contributed by atoms with E-state index < -0.39 is 12.0 Å². The first kappa shape index (κ1) is 24.1. The number of amides is 2. The van der Waals surface area contributed by atoms with Gasteiger partial charge in [0.2, 0.25) is 5.91 Å². The summed E-state index contributed by atoms with van der Waals surface area (Å²) in [6.45, 7) is 3.43. The van der Waals surface area contributed by atoms with Gasteiger partial charge in [-0.3, -0.25) is 4.79 Å². The molecule has 0 bridgehead atoms. The number of benzene rings is 3. The molecule has 3 aromatic carbocycles. The Morgan fingerprint density at radius 2 is 1.57 bits per heavy atom. The van der Waals surface area contributed by atoms with E-state index in [9.17, 15) is 9.59 Å². The third kappa shape index (κ3) is 5.38. The topological polar surface area (TPSA) is 97.0 Å². The second-order valence-electron chi connectivity index (χ2n) is 8.04. The number of fused-ring (bicyclic) bond motifs is 3. The fraction of sp³-hybridized carbons (Fsp3) is 0.148. The molecule has 0 spiro atoms. The van der Waals surface area contributed by atoms with E-state index in [-0.39, 0.29) is 19.1 Å². The number of nitrogens with two attached hydrogens (primary N) is 1. The predicted octanol–water partition coefficient (Wildman–Crippen LogP) is 4.62. The third-order valence-electron chi connectivity index (χ3n) is 5.77. The first-order valence-electron chi connectivity index (χ1n) is 11.0. The summed E-state index contributed by atoms with van der Waals surface area (Å²) in [5, 5.41) is 3.07. The van der Waals surface area contributed by atoms with Gasteiger partial charge in [-0.25, -0.2) is 9.19 Å². The summed E-state index contributed by atoms with van der Waals surface area (Å²) in [7, 11) is 1.52. The van der Waals surface area contributed by atoms with Crippen molar-refractivity contribution in [3.05, 3.63) is 101 Å². The molecule has 0 saturated carbocycles. The number of carbonyl (C=O) groups excluding carboxylic acids is 2. The lowest BCUT2D eigenvalue weighted by atomic mass is 9.98. The van der Waals surface area contributed by atoms with Gasteiger partial charge in [-0.1, -0.05) is 78.9 Å². The normalized spacial score (nSPS) is 12.7. The molecule has 0 aliphatic heterocycles. The first-order valence-corrected chi connectivity index (χ1v) is 11.8. The molecule has 0 radical (unpaired) electrons. The SMILES string of the molecule is C=NS/C(NC(=O)CN(C)C(=O)OCC1c2ccccc2-c2ccccc21)=C(\N)c1ccccc1. The van der Waals surface area contributed by atoms with Gasteiger partial charge < -0.3 is 20.7 Å². The van der Waals surface area contributed by atoms with Gasteiger partial charge in [0.05, 0.1) is 5.70 Å². The van der Waals surface area contributed by atoms with E-state index in [1.165, 1.54) is 11.9 Å². The molecule has 0 fully saturated rings. The summed E-state index contributed by atoms with van der Waals surface area (Å²) >= 11 is 0.959. The summed E-state index contributed by atoms with van der Waals surface area (Å²) in [6.07, 6.45) is -0.585. The number of rotatable bonds is 8. The van der Waals surface area contributed by atoms with Gasteiger partial charge in [0.1, 0.15) is 18.2 Å². The van der Waals surface area contributed by atoms with E-state index in [0.717, 1.165) is 39.8 Å². The minimum atomic E-state index is -0.585. The second kappa shape index (κ2) is 10.9. The van der Waals surface area contributed by atoms with E-state index in [1.807, 2.05) is 54.6 Å². The van der Waals surface area contributed by atoms with Gasteiger partial charge >= 0.3 is 6.09 Å². The highest BCUT2D eigenvalue weighted by Gasteiger charge is 2.29. The van der Waals surface area contributed by atoms with Crippen LogP contribution in [0.25, 0.3) is 16.8 Å². The molecule has 2 amide bonds. The van der Waals surface area contributed by atoms with Crippen LogP contribution in [0.5, 0.6) is 0 Å². The number of hydrogen-bond acceptors (Lipinski definition) is 6. The van der Waals surface area contributed by atoms with Crippen LogP contribution in [0.15, 0.2) is 88.3 Å². The van der Waals surface area contributed by atoms with Crippen molar-refractivity contribution in [3.63, 3.8) is 0 Å². The molecule has 8 heteroatoms. The molecule has 35 heavy (non-hydrogen) atoms. The molecule has 1 aliphatic rings. The van der Waals surface area contributed by atoms with E-state index in [1.54, 1.807) is 0 Å². The number of nitrogens with one attached hydrogen (secondary N) is 1. The lowest BCUT2D eigenvalue weighted by Gasteiger charge is -2.20. The minimum Gasteiger partial charge on any atom is -0.448 e. The Morgan fingerprint density at radius 1 is 1.00 bits per heavy atom. The number of carbonyl (C=O) groups is 2. The zero-order valence-corrected chi connectivity index (χ0v) is 20.1. The quantitative estimate of drug-likeness (QED) is 0.358. The number of likely N-dealkylation sites (N-methyl/N-ethyl adjacent to an activating group) is 1. The Bertz CT molecular complexity index is 1230. The zero-order valence-electron chi connectivity index (χ0n) is 19.3. The van der Waals surface area contributed by atoms with Crippen LogP contribution in [0.3, 0.4) is 0 Å². The van der Waals surface area contributed by atoms with Gasteiger partial charge in [0.25, 0.3) is 0 Å². The summed E-state index contributed by atoms with van der Waals surface area (Å²) in [5.41, 5.74) is 11.9. The molecule has 3 N–H and O–H groups in total. The Kier molecular flexibility index (Phi) is 7.52. The highest BCUT2D eigenvalue weighted by molar-refractivity contribution is 8.02. The largest absolute Gasteiger partial charge is 0.448 e. The molecule has 0 heterocycles. The van der Waals surface area contributed by atoms with Crippen molar-refractivity contribution in [2.75, 3.05) is 20.2 Å². The van der Waals surface area contributed by atoms with Gasteiger partial charge in [0.15, 0.2) is 0 Å². The molecule has 178 valence electrons. The Morgan fingerprint density at radius 3 is 2.17 bits per heavy atom. The number of hydrogen-bond donors (Lipinski definition) is 2. The lowest BCUT2D eigenvalue weighted by molar-refractivity contribution is -0.120. The van der Waals surface area contributed by atoms with Gasteiger partial charge in [0, 0.05) is 30.5 Å². The molecule has 0 atom stereocenters. The third-order valence-corrected chi connectivity index (χ3v) is 6.40. The highest BCUT2D eigenvalue weighted by atomic mass is 32.2. The average Bonchev–Trinajstić information content (AvgIpc) is 3.20. The summed E-state index contributed by atoms with van der Waals surface area (Å²) < 4.78 is 9.38. The maximum Gasteiger partial charge on any atom is 0.409 e. The van der Waals surface area contributed by atoms with Crippen molar-refractivity contribution in [1.29, 1.82) is 0 Å². The van der Waals surface area contributed by atoms with Crippen molar-refractivity contribution in [1.82, 2.24) is 10.2 Å². The Labute approximate surface area is 208 Å². The van der Waals surface area contributed by atoms with Crippen LogP contribution in [-0.2, 0) is 9.53 Å². The second-order valence-corrected chi connectivity index (χ2v) is 8.89. The Balaban J connectivity index is 1.38. The summed E-state index contributed by atoms with van der Waals surface area (Å²) in [5.74, 6) is -0.477. The van der Waals surface area contributed by atoms with Crippen LogP contribution in [0.2, 0.25) is 0 Å². The Hall–Kier alpha value is -4.04. The van der Waals surface area contributed by atoms with Crippen LogP contribution in [0, 0.1) is 0 Å². The fourth-order valence-corrected chi connectivity index (χ4v) is 4.61. The van der Waals surface area contributed by atoms with Gasteiger partial charge in [-0.15, -0.1) is 0 Å². The van der Waals surface area contributed by atoms with Crippen LogP contribution in [0.1, 0.15) is 22.6 Å². The van der Waals surface area contributed by atoms with Crippen molar-refractivity contribution in [3.8, 4) is 11.1 Å². The van der Waals surface area contributed by atoms with Gasteiger partial charge in [-0.05, 0) is 29.0 Å². The van der Waals surface area contributed by atoms with Crippen molar-refractivity contribution < 1.29 is 14.3 Å². The number of nitrogens with zero attached hydrogens (tertiary/aromatic N) is 2. The van der Waals surface area contributed by atoms with Crippen LogP contribution >= 0.6 is 11.9 Å². The molecule has 1 aliphatic carbocycles. The number of ether oxygens (including phenoxy) is 1. The van der Waals surface area contributed by atoms with Gasteiger partial charge in [-0.2, -0.15) is 0 Å². The van der Waals surface area contributed by atoms with Crippen molar-refractivity contribution in [2.45, 2.75) is 5.92 Å². The maximum atomic E-state index is 12.7. The predicted molar refractivity (Wildman–Crippen MR) is 141 cm³/mol. The molecular formula is C27H26N4O3S. The molecule has 3 aromatic rings. The van der Waals surface area contributed by atoms with E-state index in [0.29, 0.717) is 10.7 Å². The zero-order chi connectivity index (χ0) is 24.8. The van der Waals surface area contributed by atoms with Crippen molar-refractivity contribution in [2.24, 2.45) is 10.1 Å². The standard InChI is InChI=1S/C27H26N4O3S/c1-29-35-26(25(28)18-10-4-3-5-11-18)30-24(32)16-31(2)27(33)34-17-23-21-14-8-6-12-19(21)20-13-7-9-15-22(20)23/h3-15,23H,1,16-17,28H2,2H3,(H,30,32)/b26-25-. The molecule has 0 aromatic heterocycles. The van der Waals surface area contributed by atoms with Crippen molar-refractivity contribution >= 4 is 36.4 Å². The average molecular weight is 487 g/mol. The molecule has 4 rings (SSSR count). The fourth-order valence-electron chi connectivity index (χ4n) is 4.10. The molecular weight excluding hydrogens is 460 g/mol. The van der Waals surface area contributed by atoms with E-state index >= 15 is 0 Å². The van der Waals surface area contributed by atoms with E-state index in [4.69, 9.17) is 10.5 Å². The minimum absolute atomic E-state index is 0.0520. The lowest BCUT2D eigenvalue weighted by Crippen LogP contribution is -2.38. The molecule has 0 unspecified atom stereocenters. The summed E-state index contributed by atoms with van der Waals surface area (Å²) in [6, 6.07) is 25.5. The van der Waals surface area contributed by atoms with Crippen LogP contribution < -0.4 is 11.1 Å². The molecule has 7 nitrogen and oxygen atoms in total. The van der Waals surface area contributed by atoms with E-state index in [2.05, 4.69) is 40.7 Å². The monoisotopic (exact) mass is 486 g/mol. The summed E-state index contributed by atoms with van der Waals surface area (Å²) in [4.78, 5) is 26.5. The maximum absolute atomic E-state index is 12.7. The highest BCUT2D eigenvalue weighted by Crippen LogP contribution is 2.44.